The van der Waals surface area contributed by atoms with E-state index in [1.165, 1.54) is 26.7 Å². The number of fused-ring (bicyclic) bond motifs is 1. The first kappa shape index (κ1) is 23.6. The zero-order valence-corrected chi connectivity index (χ0v) is 20.1. The summed E-state index contributed by atoms with van der Waals surface area (Å²) in [5.74, 6) is 0.759. The number of nitrogens with one attached hydrogen (secondary N) is 1. The van der Waals surface area contributed by atoms with Crippen LogP contribution in [0.5, 0.6) is 11.5 Å². The Morgan fingerprint density at radius 2 is 1.92 bits per heavy atom. The number of aromatic nitrogens is 4. The monoisotopic (exact) mass is 489 g/mol. The average Bonchev–Trinajstić information content (AvgIpc) is 3.34. The van der Waals surface area contributed by atoms with Gasteiger partial charge in [0.2, 0.25) is 0 Å². The van der Waals surface area contributed by atoms with Gasteiger partial charge < -0.3 is 24.5 Å². The molecule has 10 heteroatoms. The van der Waals surface area contributed by atoms with Gasteiger partial charge in [0.05, 0.1) is 43.6 Å². The van der Waals surface area contributed by atoms with E-state index < -0.39 is 5.60 Å². The summed E-state index contributed by atoms with van der Waals surface area (Å²) in [7, 11) is 3.05. The molecule has 2 aromatic carbocycles. The maximum absolute atomic E-state index is 13.2. The summed E-state index contributed by atoms with van der Waals surface area (Å²) < 4.78 is 12.4. The van der Waals surface area contributed by atoms with E-state index in [-0.39, 0.29) is 11.5 Å². The van der Waals surface area contributed by atoms with Crippen LogP contribution in [0.25, 0.3) is 16.7 Å². The number of para-hydroxylation sites is 1. The van der Waals surface area contributed by atoms with Crippen molar-refractivity contribution in [3.63, 3.8) is 0 Å². The van der Waals surface area contributed by atoms with Crippen molar-refractivity contribution in [2.24, 2.45) is 0 Å². The second-order valence-electron chi connectivity index (χ2n) is 8.93. The number of hydrogen-bond acceptors (Lipinski definition) is 7. The summed E-state index contributed by atoms with van der Waals surface area (Å²) in [6.07, 6.45) is 4.16. The Morgan fingerprint density at radius 1 is 1.14 bits per heavy atom. The smallest absolute Gasteiger partial charge is 0.261 e. The molecule has 4 aromatic rings. The van der Waals surface area contributed by atoms with Gasteiger partial charge >= 0.3 is 0 Å². The first-order valence-electron chi connectivity index (χ1n) is 11.7. The number of aromatic amines is 1. The van der Waals surface area contributed by atoms with Crippen LogP contribution in [0.4, 0.5) is 0 Å². The highest BCUT2D eigenvalue weighted by Crippen LogP contribution is 2.33. The van der Waals surface area contributed by atoms with E-state index in [0.29, 0.717) is 60.4 Å². The summed E-state index contributed by atoms with van der Waals surface area (Å²) in [4.78, 5) is 33.7. The van der Waals surface area contributed by atoms with Crippen LogP contribution in [0, 0.1) is 0 Å². The number of nitrogens with zero attached hydrogens (tertiary/aromatic N) is 4. The Balaban J connectivity index is 1.30. The molecule has 0 saturated carbocycles. The SMILES string of the molecule is COc1cccc(C(=O)N2CCC(O)(Cc3cccc(-n4ncc5c(=O)[nH]cnc54)c3)CC2)c1OC. The van der Waals surface area contributed by atoms with Crippen LogP contribution in [-0.4, -0.2) is 68.6 Å². The van der Waals surface area contributed by atoms with Crippen LogP contribution in [0.1, 0.15) is 28.8 Å². The van der Waals surface area contributed by atoms with Gasteiger partial charge in [0.1, 0.15) is 5.39 Å². The number of ether oxygens (including phenoxy) is 2. The van der Waals surface area contributed by atoms with Crippen LogP contribution in [0.2, 0.25) is 0 Å². The Bertz CT molecular complexity index is 1470. The average molecular weight is 490 g/mol. The fourth-order valence-electron chi connectivity index (χ4n) is 4.75. The summed E-state index contributed by atoms with van der Waals surface area (Å²) in [5.41, 5.74) is 1.39. The summed E-state index contributed by atoms with van der Waals surface area (Å²) in [5, 5.41) is 16.1. The Hall–Kier alpha value is -4.18. The van der Waals surface area contributed by atoms with Crippen molar-refractivity contribution in [2.45, 2.75) is 24.9 Å². The molecule has 36 heavy (non-hydrogen) atoms. The Morgan fingerprint density at radius 3 is 2.67 bits per heavy atom. The maximum atomic E-state index is 13.2. The number of piperidine rings is 1. The van der Waals surface area contributed by atoms with Crippen molar-refractivity contribution in [3.8, 4) is 17.2 Å². The van der Waals surface area contributed by atoms with E-state index in [4.69, 9.17) is 9.47 Å². The Kier molecular flexibility index (Phi) is 6.19. The summed E-state index contributed by atoms with van der Waals surface area (Å²) >= 11 is 0. The van der Waals surface area contributed by atoms with Crippen LogP contribution >= 0.6 is 0 Å². The minimum Gasteiger partial charge on any atom is -0.493 e. The molecule has 2 N–H and O–H groups in total. The van der Waals surface area contributed by atoms with Crippen molar-refractivity contribution in [2.75, 3.05) is 27.3 Å². The highest BCUT2D eigenvalue weighted by Gasteiger charge is 2.35. The molecule has 186 valence electrons. The van der Waals surface area contributed by atoms with Gasteiger partial charge in [-0.1, -0.05) is 18.2 Å². The first-order chi connectivity index (χ1) is 17.4. The van der Waals surface area contributed by atoms with E-state index in [2.05, 4.69) is 15.1 Å². The van der Waals surface area contributed by atoms with Gasteiger partial charge in [0.15, 0.2) is 17.1 Å². The van der Waals surface area contributed by atoms with Crippen molar-refractivity contribution < 1.29 is 19.4 Å². The van der Waals surface area contributed by atoms with Crippen molar-refractivity contribution >= 4 is 16.9 Å². The number of rotatable bonds is 6. The number of aliphatic hydroxyl groups is 1. The molecule has 5 rings (SSSR count). The fourth-order valence-corrected chi connectivity index (χ4v) is 4.75. The van der Waals surface area contributed by atoms with Gasteiger partial charge in [0, 0.05) is 19.5 Å². The topological polar surface area (TPSA) is 123 Å². The Labute approximate surface area is 207 Å². The molecule has 0 spiro atoms. The lowest BCUT2D eigenvalue weighted by Crippen LogP contribution is -2.47. The van der Waals surface area contributed by atoms with Crippen molar-refractivity contribution in [3.05, 3.63) is 76.5 Å². The van der Waals surface area contributed by atoms with E-state index in [1.54, 1.807) is 27.8 Å². The van der Waals surface area contributed by atoms with Gasteiger partial charge in [-0.25, -0.2) is 9.67 Å². The first-order valence-corrected chi connectivity index (χ1v) is 11.7. The summed E-state index contributed by atoms with van der Waals surface area (Å²) in [6, 6.07) is 12.9. The van der Waals surface area contributed by atoms with E-state index >= 15 is 0 Å². The molecule has 1 saturated heterocycles. The molecule has 0 radical (unpaired) electrons. The molecule has 10 nitrogen and oxygen atoms in total. The highest BCUT2D eigenvalue weighted by molar-refractivity contribution is 5.98. The third kappa shape index (κ3) is 4.31. The van der Waals surface area contributed by atoms with Gasteiger partial charge in [0.25, 0.3) is 11.5 Å². The molecule has 1 fully saturated rings. The molecule has 1 aliphatic rings. The number of hydrogen-bond donors (Lipinski definition) is 2. The number of methoxy groups -OCH3 is 2. The highest BCUT2D eigenvalue weighted by atomic mass is 16.5. The third-order valence-corrected chi connectivity index (χ3v) is 6.67. The lowest BCUT2D eigenvalue weighted by molar-refractivity contribution is -0.0163. The van der Waals surface area contributed by atoms with Gasteiger partial charge in [-0.2, -0.15) is 5.10 Å². The van der Waals surface area contributed by atoms with Crippen LogP contribution in [0.15, 0.2) is 59.8 Å². The largest absolute Gasteiger partial charge is 0.493 e. The van der Waals surface area contributed by atoms with Gasteiger partial charge in [-0.15, -0.1) is 0 Å². The second-order valence-corrected chi connectivity index (χ2v) is 8.93. The minimum absolute atomic E-state index is 0.150. The number of benzene rings is 2. The maximum Gasteiger partial charge on any atom is 0.261 e. The number of amides is 1. The molecule has 2 aromatic heterocycles. The molecule has 0 bridgehead atoms. The predicted octanol–water partition coefficient (Wildman–Crippen LogP) is 2.34. The number of carbonyl (C=O) groups is 1. The van der Waals surface area contributed by atoms with Crippen molar-refractivity contribution in [1.29, 1.82) is 0 Å². The molecule has 0 unspecified atom stereocenters. The molecule has 3 heterocycles. The lowest BCUT2D eigenvalue weighted by Gasteiger charge is -2.38. The van der Waals surface area contributed by atoms with Crippen molar-refractivity contribution in [1.82, 2.24) is 24.6 Å². The zero-order valence-electron chi connectivity index (χ0n) is 20.1. The van der Waals surface area contributed by atoms with Gasteiger partial charge in [-0.05, 0) is 42.7 Å². The normalized spacial score (nSPS) is 15.1. The minimum atomic E-state index is -0.949. The molecular weight excluding hydrogens is 462 g/mol. The number of H-pyrrole nitrogens is 1. The molecule has 1 aliphatic heterocycles. The van der Waals surface area contributed by atoms with Crippen LogP contribution < -0.4 is 15.0 Å². The second kappa shape index (κ2) is 9.46. The molecule has 1 amide bonds. The van der Waals surface area contributed by atoms with Gasteiger partial charge in [-0.3, -0.25) is 9.59 Å². The van der Waals surface area contributed by atoms with E-state index in [9.17, 15) is 14.7 Å². The van der Waals surface area contributed by atoms with Crippen LogP contribution in [0.3, 0.4) is 0 Å². The standard InChI is InChI=1S/C26H27N5O5/c1-35-21-8-4-7-19(22(21)36-2)25(33)30-11-9-26(34,10-12-30)14-17-5-3-6-18(13-17)31-23-20(15-29-31)24(32)28-16-27-23/h3-8,13,15-16,34H,9-12,14H2,1-2H3,(H,27,28,32). The molecule has 0 aliphatic carbocycles. The quantitative estimate of drug-likeness (QED) is 0.426. The third-order valence-electron chi connectivity index (χ3n) is 6.67. The lowest BCUT2D eigenvalue weighted by atomic mass is 9.85. The van der Waals surface area contributed by atoms with E-state index in [1.807, 2.05) is 24.3 Å². The molecular formula is C26H27N5O5. The van der Waals surface area contributed by atoms with Crippen LogP contribution in [-0.2, 0) is 6.42 Å². The molecule has 0 atom stereocenters. The zero-order chi connectivity index (χ0) is 25.3. The fraction of sp³-hybridized carbons (Fsp3) is 0.308. The van der Waals surface area contributed by atoms with E-state index in [0.717, 1.165) is 11.3 Å². The predicted molar refractivity (Wildman–Crippen MR) is 133 cm³/mol. The number of carbonyl (C=O) groups excluding carboxylic acids is 1. The summed E-state index contributed by atoms with van der Waals surface area (Å²) in [6.45, 7) is 0.845. The number of likely N-dealkylation sites (tertiary alicyclic amines) is 1.